The minimum atomic E-state index is -0.914. The van der Waals surface area contributed by atoms with E-state index in [2.05, 4.69) is 15.3 Å². The smallest absolute Gasteiger partial charge is 0.313 e. The molecule has 2 saturated heterocycles. The van der Waals surface area contributed by atoms with Gasteiger partial charge in [0.15, 0.2) is 0 Å². The van der Waals surface area contributed by atoms with Crippen LogP contribution in [0.1, 0.15) is 20.8 Å². The van der Waals surface area contributed by atoms with Crippen LogP contribution in [0.2, 0.25) is 0 Å². The van der Waals surface area contributed by atoms with Crippen molar-refractivity contribution < 1.29 is 14.7 Å². The molecular formula is C16H23N5O3. The summed E-state index contributed by atoms with van der Waals surface area (Å²) in [4.78, 5) is 35.7. The lowest BCUT2D eigenvalue weighted by atomic mass is 9.81. The van der Waals surface area contributed by atoms with Crippen molar-refractivity contribution in [2.75, 3.05) is 36.4 Å². The number of nitrogens with zero attached hydrogens (tertiary/aromatic N) is 4. The summed E-state index contributed by atoms with van der Waals surface area (Å²) < 4.78 is 0. The Morgan fingerprint density at radius 1 is 1.33 bits per heavy atom. The van der Waals surface area contributed by atoms with E-state index in [0.717, 1.165) is 11.6 Å². The molecule has 1 amide bonds. The number of aromatic nitrogens is 2. The summed E-state index contributed by atoms with van der Waals surface area (Å²) in [6.45, 7) is 7.22. The molecule has 2 fully saturated rings. The van der Waals surface area contributed by atoms with Gasteiger partial charge in [0.25, 0.3) is 0 Å². The molecule has 8 nitrogen and oxygen atoms in total. The van der Waals surface area contributed by atoms with Gasteiger partial charge in [0.2, 0.25) is 5.91 Å². The Balaban J connectivity index is 1.82. The molecule has 1 aromatic rings. The van der Waals surface area contributed by atoms with E-state index >= 15 is 0 Å². The van der Waals surface area contributed by atoms with Crippen molar-refractivity contribution in [3.8, 4) is 0 Å². The first-order valence-electron chi connectivity index (χ1n) is 8.14. The highest BCUT2D eigenvalue weighted by Crippen LogP contribution is 2.44. The maximum atomic E-state index is 12.0. The molecule has 0 aliphatic carbocycles. The van der Waals surface area contributed by atoms with Gasteiger partial charge in [-0.3, -0.25) is 9.59 Å². The number of hydrogen-bond acceptors (Lipinski definition) is 6. The summed E-state index contributed by atoms with van der Waals surface area (Å²) in [7, 11) is 0. The van der Waals surface area contributed by atoms with Gasteiger partial charge in [-0.1, -0.05) is 0 Å². The maximum absolute atomic E-state index is 12.0. The van der Waals surface area contributed by atoms with Gasteiger partial charge in [-0.05, 0) is 13.8 Å². The molecule has 0 radical (unpaired) electrons. The van der Waals surface area contributed by atoms with Crippen LogP contribution in [-0.2, 0) is 9.59 Å². The van der Waals surface area contributed by atoms with Crippen LogP contribution >= 0.6 is 0 Å². The highest BCUT2D eigenvalue weighted by Gasteiger charge is 2.58. The number of carbonyl (C=O) groups is 2. The molecule has 2 aliphatic rings. The lowest BCUT2D eigenvalue weighted by Crippen LogP contribution is -2.41. The molecule has 0 bridgehead atoms. The predicted octanol–water partition coefficient (Wildman–Crippen LogP) is 0.666. The molecule has 1 aromatic heterocycles. The van der Waals surface area contributed by atoms with Crippen molar-refractivity contribution in [2.45, 2.75) is 26.8 Å². The third kappa shape index (κ3) is 2.76. The van der Waals surface area contributed by atoms with Crippen LogP contribution < -0.4 is 10.2 Å². The molecular weight excluding hydrogens is 310 g/mol. The number of likely N-dealkylation sites (tertiary alicyclic amines) is 1. The summed E-state index contributed by atoms with van der Waals surface area (Å²) >= 11 is 0. The highest BCUT2D eigenvalue weighted by atomic mass is 16.4. The Kier molecular flexibility index (Phi) is 4.06. The average molecular weight is 333 g/mol. The first-order valence-corrected chi connectivity index (χ1v) is 8.14. The number of anilines is 2. The number of carbonyl (C=O) groups excluding carboxylic acids is 1. The maximum Gasteiger partial charge on any atom is 0.313 e. The SMILES string of the molecule is CC(=O)N1C[C@H]2CN(c3cc(NC(C)C)ncn3)C[C@@]2(C(=O)O)C1. The van der Waals surface area contributed by atoms with Crippen LogP contribution in [0.4, 0.5) is 11.6 Å². The quantitative estimate of drug-likeness (QED) is 0.835. The third-order valence-corrected chi connectivity index (χ3v) is 4.89. The zero-order valence-corrected chi connectivity index (χ0v) is 14.2. The molecule has 0 aromatic carbocycles. The van der Waals surface area contributed by atoms with Crippen molar-refractivity contribution >= 4 is 23.5 Å². The van der Waals surface area contributed by atoms with Gasteiger partial charge in [-0.15, -0.1) is 0 Å². The van der Waals surface area contributed by atoms with Crippen LogP contribution in [0.3, 0.4) is 0 Å². The first-order chi connectivity index (χ1) is 11.3. The minimum absolute atomic E-state index is 0.0676. The van der Waals surface area contributed by atoms with Gasteiger partial charge in [0.1, 0.15) is 23.4 Å². The summed E-state index contributed by atoms with van der Waals surface area (Å²) in [5.74, 6) is 0.449. The van der Waals surface area contributed by atoms with E-state index < -0.39 is 11.4 Å². The predicted molar refractivity (Wildman–Crippen MR) is 88.8 cm³/mol. The van der Waals surface area contributed by atoms with Gasteiger partial charge < -0.3 is 20.2 Å². The van der Waals surface area contributed by atoms with Gasteiger partial charge in [0.05, 0.1) is 0 Å². The Morgan fingerprint density at radius 3 is 2.67 bits per heavy atom. The molecule has 0 spiro atoms. The molecule has 2 N–H and O–H groups in total. The van der Waals surface area contributed by atoms with Crippen molar-refractivity contribution in [1.82, 2.24) is 14.9 Å². The van der Waals surface area contributed by atoms with Crippen molar-refractivity contribution in [2.24, 2.45) is 11.3 Å². The fourth-order valence-electron chi connectivity index (χ4n) is 3.68. The normalized spacial score (nSPS) is 25.9. The van der Waals surface area contributed by atoms with Crippen LogP contribution in [-0.4, -0.2) is 64.1 Å². The molecule has 0 unspecified atom stereocenters. The second-order valence-electron chi connectivity index (χ2n) is 7.00. The number of amides is 1. The molecule has 24 heavy (non-hydrogen) atoms. The van der Waals surface area contributed by atoms with Gasteiger partial charge in [-0.2, -0.15) is 0 Å². The number of carboxylic acid groups (broad SMARTS) is 1. The number of nitrogens with one attached hydrogen (secondary N) is 1. The second-order valence-corrected chi connectivity index (χ2v) is 7.00. The van der Waals surface area contributed by atoms with Crippen LogP contribution in [0.25, 0.3) is 0 Å². The van der Waals surface area contributed by atoms with E-state index in [0.29, 0.717) is 19.6 Å². The van der Waals surface area contributed by atoms with E-state index in [1.165, 1.54) is 13.3 Å². The average Bonchev–Trinajstić information content (AvgIpc) is 3.02. The number of aliphatic carboxylic acids is 1. The Labute approximate surface area is 140 Å². The largest absolute Gasteiger partial charge is 0.481 e. The summed E-state index contributed by atoms with van der Waals surface area (Å²) in [6.07, 6.45) is 1.49. The summed E-state index contributed by atoms with van der Waals surface area (Å²) in [6, 6.07) is 2.10. The number of fused-ring (bicyclic) bond motifs is 1. The zero-order valence-electron chi connectivity index (χ0n) is 14.2. The molecule has 130 valence electrons. The van der Waals surface area contributed by atoms with E-state index in [4.69, 9.17) is 0 Å². The van der Waals surface area contributed by atoms with E-state index in [1.807, 2.05) is 24.8 Å². The van der Waals surface area contributed by atoms with E-state index in [-0.39, 0.29) is 24.4 Å². The summed E-state index contributed by atoms with van der Waals surface area (Å²) in [5.41, 5.74) is -0.914. The third-order valence-electron chi connectivity index (χ3n) is 4.89. The number of rotatable bonds is 4. The fourth-order valence-corrected chi connectivity index (χ4v) is 3.68. The number of carboxylic acids is 1. The highest BCUT2D eigenvalue weighted by molar-refractivity contribution is 5.81. The number of hydrogen-bond donors (Lipinski definition) is 2. The van der Waals surface area contributed by atoms with Crippen molar-refractivity contribution in [3.05, 3.63) is 12.4 Å². The molecule has 2 atom stereocenters. The van der Waals surface area contributed by atoms with Gasteiger partial charge >= 0.3 is 5.97 Å². The van der Waals surface area contributed by atoms with Gasteiger partial charge in [0, 0.05) is 51.1 Å². The fraction of sp³-hybridized carbons (Fsp3) is 0.625. The Bertz CT molecular complexity index is 665. The Morgan fingerprint density at radius 2 is 2.08 bits per heavy atom. The van der Waals surface area contributed by atoms with E-state index in [9.17, 15) is 14.7 Å². The molecule has 2 aliphatic heterocycles. The minimum Gasteiger partial charge on any atom is -0.481 e. The van der Waals surface area contributed by atoms with Crippen LogP contribution in [0, 0.1) is 11.3 Å². The zero-order chi connectivity index (χ0) is 17.5. The van der Waals surface area contributed by atoms with Gasteiger partial charge in [-0.25, -0.2) is 9.97 Å². The molecule has 8 heteroatoms. The molecule has 3 rings (SSSR count). The van der Waals surface area contributed by atoms with Crippen molar-refractivity contribution in [1.29, 1.82) is 0 Å². The Hall–Kier alpha value is -2.38. The lowest BCUT2D eigenvalue weighted by Gasteiger charge is -2.25. The van der Waals surface area contributed by atoms with Crippen LogP contribution in [0.5, 0.6) is 0 Å². The standard InChI is InChI=1S/C16H23N5O3/c1-10(2)19-13-4-14(18-9-17-13)21-6-12-5-20(11(3)22)7-16(12,8-21)15(23)24/h4,9-10,12H,5-8H2,1-3H3,(H,23,24)(H,17,18,19)/t12-,16-/m0/s1. The van der Waals surface area contributed by atoms with E-state index in [1.54, 1.807) is 4.90 Å². The first kappa shape index (κ1) is 16.5. The monoisotopic (exact) mass is 333 g/mol. The summed E-state index contributed by atoms with van der Waals surface area (Å²) in [5, 5.41) is 13.0. The van der Waals surface area contributed by atoms with Crippen molar-refractivity contribution in [3.63, 3.8) is 0 Å². The molecule has 0 saturated carbocycles. The molecule has 3 heterocycles. The lowest BCUT2D eigenvalue weighted by molar-refractivity contribution is -0.148. The van der Waals surface area contributed by atoms with Crippen LogP contribution in [0.15, 0.2) is 12.4 Å². The topological polar surface area (TPSA) is 98.7 Å². The second kappa shape index (κ2) is 5.92.